The normalized spacial score (nSPS) is 14.2. The Balaban J connectivity index is 1.99. The van der Waals surface area contributed by atoms with E-state index in [0.29, 0.717) is 23.4 Å². The predicted octanol–water partition coefficient (Wildman–Crippen LogP) is 0.359. The summed E-state index contributed by atoms with van der Waals surface area (Å²) >= 11 is 0. The van der Waals surface area contributed by atoms with Gasteiger partial charge in [-0.25, -0.2) is 9.69 Å². The van der Waals surface area contributed by atoms with Crippen molar-refractivity contribution in [3.8, 4) is 0 Å². The lowest BCUT2D eigenvalue weighted by molar-refractivity contribution is -0.143. The van der Waals surface area contributed by atoms with E-state index in [0.717, 1.165) is 10.5 Å². The molecule has 8 nitrogen and oxygen atoms in total. The Bertz CT molecular complexity index is 726. The number of hydrogen-bond donors (Lipinski definition) is 1. The molecule has 0 atom stereocenters. The third kappa shape index (κ3) is 4.09. The second-order valence-electron chi connectivity index (χ2n) is 5.58. The molecule has 5 amide bonds. The van der Waals surface area contributed by atoms with E-state index in [1.54, 1.807) is 31.2 Å². The van der Waals surface area contributed by atoms with Crippen molar-refractivity contribution in [1.29, 1.82) is 0 Å². The van der Waals surface area contributed by atoms with Gasteiger partial charge in [-0.15, -0.1) is 0 Å². The number of nitrogens with zero attached hydrogens (tertiary/aromatic N) is 2. The molecule has 2 rings (SSSR count). The number of nitrogens with one attached hydrogen (secondary N) is 1. The fourth-order valence-corrected chi connectivity index (χ4v) is 2.44. The maximum Gasteiger partial charge on any atom is 0.334 e. The molecule has 1 aliphatic heterocycles. The minimum Gasteiger partial charge on any atom is -0.356 e. The van der Waals surface area contributed by atoms with Gasteiger partial charge in [0.15, 0.2) is 5.78 Å². The van der Waals surface area contributed by atoms with E-state index in [9.17, 15) is 24.0 Å². The Kier molecular flexibility index (Phi) is 5.63. The lowest BCUT2D eigenvalue weighted by atomic mass is 10.1. The molecule has 0 spiro atoms. The zero-order chi connectivity index (χ0) is 18.6. The Hall–Kier alpha value is -3.03. The van der Waals surface area contributed by atoms with E-state index in [1.807, 2.05) is 0 Å². The maximum absolute atomic E-state index is 12.3. The van der Waals surface area contributed by atoms with E-state index in [1.165, 1.54) is 6.92 Å². The number of rotatable bonds is 7. The van der Waals surface area contributed by atoms with Gasteiger partial charge in [0.05, 0.1) is 6.54 Å². The fraction of sp³-hybridized carbons (Fsp3) is 0.353. The molecule has 0 aliphatic carbocycles. The highest BCUT2D eigenvalue weighted by Crippen LogP contribution is 2.13. The number of carbonyl (C=O) groups is 5. The van der Waals surface area contributed by atoms with Crippen molar-refractivity contribution in [2.24, 2.45) is 0 Å². The first kappa shape index (κ1) is 18.3. The fourth-order valence-electron chi connectivity index (χ4n) is 2.44. The van der Waals surface area contributed by atoms with Crippen LogP contribution in [0.2, 0.25) is 0 Å². The lowest BCUT2D eigenvalue weighted by Crippen LogP contribution is -2.37. The molecule has 0 bridgehead atoms. The third-order valence-electron chi connectivity index (χ3n) is 3.82. The highest BCUT2D eigenvalue weighted by Gasteiger charge is 2.44. The van der Waals surface area contributed by atoms with E-state index >= 15 is 0 Å². The molecular weight excluding hydrogens is 326 g/mol. The van der Waals surface area contributed by atoms with Crippen molar-refractivity contribution in [3.63, 3.8) is 0 Å². The molecule has 8 heteroatoms. The molecule has 0 radical (unpaired) electrons. The summed E-state index contributed by atoms with van der Waals surface area (Å²) in [4.78, 5) is 60.0. The van der Waals surface area contributed by atoms with Gasteiger partial charge in [-0.2, -0.15) is 0 Å². The second-order valence-corrected chi connectivity index (χ2v) is 5.58. The SMILES string of the molecule is CCN1C(=O)C(=O)N(CC(=O)c2ccc(CCNC(C)=O)cc2)C1=O. The van der Waals surface area contributed by atoms with Gasteiger partial charge < -0.3 is 5.32 Å². The van der Waals surface area contributed by atoms with E-state index in [4.69, 9.17) is 0 Å². The first-order chi connectivity index (χ1) is 11.8. The molecule has 1 aliphatic rings. The summed E-state index contributed by atoms with van der Waals surface area (Å²) < 4.78 is 0. The second kappa shape index (κ2) is 7.69. The minimum absolute atomic E-state index is 0.0804. The molecular formula is C17H19N3O5. The average Bonchev–Trinajstić information content (AvgIpc) is 2.78. The van der Waals surface area contributed by atoms with Crippen molar-refractivity contribution < 1.29 is 24.0 Å². The van der Waals surface area contributed by atoms with Gasteiger partial charge in [0.1, 0.15) is 0 Å². The molecule has 1 aromatic carbocycles. The van der Waals surface area contributed by atoms with Crippen molar-refractivity contribution >= 4 is 29.5 Å². The van der Waals surface area contributed by atoms with Gasteiger partial charge in [0.2, 0.25) is 5.91 Å². The molecule has 0 aromatic heterocycles. The van der Waals surface area contributed by atoms with Gasteiger partial charge in [0.25, 0.3) is 0 Å². The molecule has 0 saturated carbocycles. The van der Waals surface area contributed by atoms with Gasteiger partial charge in [-0.05, 0) is 18.9 Å². The van der Waals surface area contributed by atoms with Crippen LogP contribution in [-0.4, -0.2) is 59.0 Å². The zero-order valence-corrected chi connectivity index (χ0v) is 14.1. The highest BCUT2D eigenvalue weighted by molar-refractivity contribution is 6.45. The molecule has 1 saturated heterocycles. The van der Waals surface area contributed by atoms with Crippen molar-refractivity contribution in [3.05, 3.63) is 35.4 Å². The van der Waals surface area contributed by atoms with Crippen molar-refractivity contribution in [2.45, 2.75) is 20.3 Å². The van der Waals surface area contributed by atoms with Crippen LogP contribution >= 0.6 is 0 Å². The number of likely N-dealkylation sites (N-methyl/N-ethyl adjacent to an activating group) is 1. The van der Waals surface area contributed by atoms with Crippen LogP contribution in [0.15, 0.2) is 24.3 Å². The number of imide groups is 2. The summed E-state index contributed by atoms with van der Waals surface area (Å²) in [6.07, 6.45) is 0.622. The first-order valence-electron chi connectivity index (χ1n) is 7.89. The Morgan fingerprint density at radius 2 is 1.60 bits per heavy atom. The molecule has 1 N–H and O–H groups in total. The number of hydrogen-bond acceptors (Lipinski definition) is 5. The zero-order valence-electron chi connectivity index (χ0n) is 14.1. The van der Waals surface area contributed by atoms with Gasteiger partial charge >= 0.3 is 17.8 Å². The van der Waals surface area contributed by atoms with E-state index in [2.05, 4.69) is 5.32 Å². The standard InChI is InChI=1S/C17H19N3O5/c1-3-19-15(23)16(24)20(17(19)25)10-14(22)13-6-4-12(5-7-13)8-9-18-11(2)21/h4-7H,3,8-10H2,1-2H3,(H,18,21). The predicted molar refractivity (Wildman–Crippen MR) is 87.7 cm³/mol. The van der Waals surface area contributed by atoms with Gasteiger partial charge in [0, 0.05) is 25.6 Å². The summed E-state index contributed by atoms with van der Waals surface area (Å²) in [6.45, 7) is 3.12. The summed E-state index contributed by atoms with van der Waals surface area (Å²) in [5, 5.41) is 2.68. The van der Waals surface area contributed by atoms with E-state index in [-0.39, 0.29) is 12.5 Å². The molecule has 1 aromatic rings. The average molecular weight is 345 g/mol. The number of amides is 5. The van der Waals surface area contributed by atoms with Gasteiger partial charge in [-0.1, -0.05) is 24.3 Å². The molecule has 1 heterocycles. The number of benzene rings is 1. The Morgan fingerprint density at radius 3 is 2.12 bits per heavy atom. The summed E-state index contributed by atoms with van der Waals surface area (Å²) in [5.41, 5.74) is 1.28. The first-order valence-corrected chi connectivity index (χ1v) is 7.89. The Labute approximate surface area is 144 Å². The van der Waals surface area contributed by atoms with Crippen LogP contribution in [0.5, 0.6) is 0 Å². The largest absolute Gasteiger partial charge is 0.356 e. The minimum atomic E-state index is -0.980. The summed E-state index contributed by atoms with van der Waals surface area (Å²) in [7, 11) is 0. The van der Waals surface area contributed by atoms with Crippen LogP contribution < -0.4 is 5.32 Å². The monoisotopic (exact) mass is 345 g/mol. The summed E-state index contributed by atoms with van der Waals surface area (Å²) in [5.74, 6) is -2.43. The number of urea groups is 1. The van der Waals surface area contributed by atoms with Crippen LogP contribution in [0.3, 0.4) is 0 Å². The van der Waals surface area contributed by atoms with E-state index < -0.39 is 30.2 Å². The number of carbonyl (C=O) groups excluding carboxylic acids is 5. The van der Waals surface area contributed by atoms with Crippen LogP contribution in [0.4, 0.5) is 4.79 Å². The van der Waals surface area contributed by atoms with Crippen LogP contribution in [0.1, 0.15) is 29.8 Å². The lowest BCUT2D eigenvalue weighted by Gasteiger charge is -2.13. The topological polar surface area (TPSA) is 104 Å². The van der Waals surface area contributed by atoms with Gasteiger partial charge in [-0.3, -0.25) is 24.1 Å². The van der Waals surface area contributed by atoms with Crippen molar-refractivity contribution in [1.82, 2.24) is 15.1 Å². The number of ketones is 1. The van der Waals surface area contributed by atoms with Crippen LogP contribution in [-0.2, 0) is 20.8 Å². The smallest absolute Gasteiger partial charge is 0.334 e. The quantitative estimate of drug-likeness (QED) is 0.436. The number of Topliss-reactive ketones (excluding diaryl/α,β-unsaturated/α-hetero) is 1. The molecule has 1 fully saturated rings. The highest BCUT2D eigenvalue weighted by atomic mass is 16.2. The van der Waals surface area contributed by atoms with Crippen molar-refractivity contribution in [2.75, 3.05) is 19.6 Å². The summed E-state index contributed by atoms with van der Waals surface area (Å²) in [6, 6.07) is 5.90. The van der Waals surface area contributed by atoms with Crippen LogP contribution in [0, 0.1) is 0 Å². The molecule has 132 valence electrons. The van der Waals surface area contributed by atoms with Crippen LogP contribution in [0.25, 0.3) is 0 Å². The molecule has 0 unspecified atom stereocenters. The Morgan fingerprint density at radius 1 is 1.00 bits per heavy atom. The molecule has 25 heavy (non-hydrogen) atoms. The maximum atomic E-state index is 12.3. The third-order valence-corrected chi connectivity index (χ3v) is 3.82.